The Morgan fingerprint density at radius 1 is 1.05 bits per heavy atom. The van der Waals surface area contributed by atoms with Gasteiger partial charge in [0, 0.05) is 32.6 Å². The second kappa shape index (κ2) is 11.0. The maximum absolute atomic E-state index is 13.6. The van der Waals surface area contributed by atoms with Crippen molar-refractivity contribution in [2.75, 3.05) is 20.1 Å². The van der Waals surface area contributed by atoms with E-state index in [2.05, 4.69) is 24.2 Å². The van der Waals surface area contributed by atoms with Gasteiger partial charge >= 0.3 is 0 Å². The zero-order valence-corrected chi connectivity index (χ0v) is 23.0. The Balaban J connectivity index is 1.47. The van der Waals surface area contributed by atoms with E-state index in [0.29, 0.717) is 25.1 Å². The monoisotopic (exact) mass is 521 g/mol. The molecule has 1 aromatic heterocycles. The van der Waals surface area contributed by atoms with Crippen LogP contribution in [-0.2, 0) is 21.4 Å². The molecular weight excluding hydrogens is 486 g/mol. The predicted octanol–water partition coefficient (Wildman–Crippen LogP) is 5.14. The summed E-state index contributed by atoms with van der Waals surface area (Å²) in [6.45, 7) is 8.86. The fraction of sp³-hybridized carbons (Fsp3) is 0.379. The van der Waals surface area contributed by atoms with Crippen molar-refractivity contribution >= 4 is 28.1 Å². The minimum absolute atomic E-state index is 0.0505. The van der Waals surface area contributed by atoms with E-state index in [1.807, 2.05) is 50.3 Å². The number of aromatic nitrogens is 1. The first-order valence-electron chi connectivity index (χ1n) is 12.6. The Morgan fingerprint density at radius 3 is 2.30 bits per heavy atom. The second-order valence-electron chi connectivity index (χ2n) is 9.97. The number of rotatable bonds is 7. The minimum atomic E-state index is -3.83. The molecule has 8 heteroatoms. The van der Waals surface area contributed by atoms with E-state index in [1.54, 1.807) is 24.9 Å². The number of carbonyl (C=O) groups excluding carboxylic acids is 1. The lowest BCUT2D eigenvalue weighted by Crippen LogP contribution is -2.43. The van der Waals surface area contributed by atoms with E-state index in [-0.39, 0.29) is 35.6 Å². The molecule has 0 saturated carbocycles. The highest BCUT2D eigenvalue weighted by Crippen LogP contribution is 2.30. The first-order chi connectivity index (χ1) is 17.6. The molecule has 4 rings (SSSR count). The fourth-order valence-corrected chi connectivity index (χ4v) is 6.85. The SMILES string of the molecule is Cc1cc(C)c(C=Cc2onc(C)c2S(=O)(=O)N2CCC(C(=O)N(C)Cc3ccccc3)CC2)c(C)c1. The highest BCUT2D eigenvalue weighted by atomic mass is 32.2. The molecule has 2 heterocycles. The minimum Gasteiger partial charge on any atom is -0.355 e. The predicted molar refractivity (Wildman–Crippen MR) is 145 cm³/mol. The van der Waals surface area contributed by atoms with Crippen LogP contribution in [0.3, 0.4) is 0 Å². The fourth-order valence-electron chi connectivity index (χ4n) is 5.13. The third kappa shape index (κ3) is 5.86. The lowest BCUT2D eigenvalue weighted by Gasteiger charge is -2.32. The number of amides is 1. The summed E-state index contributed by atoms with van der Waals surface area (Å²) >= 11 is 0. The molecule has 1 saturated heterocycles. The molecular formula is C29H35N3O4S. The number of nitrogens with zero attached hydrogens (tertiary/aromatic N) is 3. The molecule has 2 aromatic carbocycles. The van der Waals surface area contributed by atoms with Crippen molar-refractivity contribution in [2.45, 2.75) is 52.0 Å². The molecule has 3 aromatic rings. The first kappa shape index (κ1) is 26.8. The van der Waals surface area contributed by atoms with E-state index in [1.165, 1.54) is 9.87 Å². The van der Waals surface area contributed by atoms with E-state index in [4.69, 9.17) is 4.52 Å². The van der Waals surface area contributed by atoms with Crippen LogP contribution in [0.15, 0.2) is 51.9 Å². The van der Waals surface area contributed by atoms with Crippen LogP contribution in [0.4, 0.5) is 0 Å². The average molecular weight is 522 g/mol. The molecule has 196 valence electrons. The standard InChI is InChI=1S/C29H35N3O4S/c1-20-17-21(2)26(22(3)18-20)11-12-27-28(23(4)30-36-27)37(34,35)32-15-13-25(14-16-32)29(33)31(5)19-24-9-7-6-8-10-24/h6-12,17-18,25H,13-16,19H2,1-5H3. The summed E-state index contributed by atoms with van der Waals surface area (Å²) in [5.41, 5.74) is 5.83. The van der Waals surface area contributed by atoms with E-state index in [0.717, 1.165) is 22.3 Å². The summed E-state index contributed by atoms with van der Waals surface area (Å²) in [6.07, 6.45) is 4.53. The van der Waals surface area contributed by atoms with Crippen molar-refractivity contribution < 1.29 is 17.7 Å². The normalized spacial score (nSPS) is 15.4. The lowest BCUT2D eigenvalue weighted by atomic mass is 9.96. The molecule has 1 aliphatic rings. The van der Waals surface area contributed by atoms with Gasteiger partial charge in [-0.1, -0.05) is 59.3 Å². The van der Waals surface area contributed by atoms with Gasteiger partial charge in [-0.3, -0.25) is 4.79 Å². The van der Waals surface area contributed by atoms with Crippen molar-refractivity contribution in [1.82, 2.24) is 14.4 Å². The Bertz CT molecular complexity index is 1380. The molecule has 0 N–H and O–H groups in total. The highest BCUT2D eigenvalue weighted by Gasteiger charge is 2.36. The summed E-state index contributed by atoms with van der Waals surface area (Å²) in [4.78, 5) is 14.8. The molecule has 0 aliphatic carbocycles. The lowest BCUT2D eigenvalue weighted by molar-refractivity contribution is -0.135. The summed E-state index contributed by atoms with van der Waals surface area (Å²) in [7, 11) is -2.03. The zero-order chi connectivity index (χ0) is 26.7. The molecule has 0 radical (unpaired) electrons. The van der Waals surface area contributed by atoms with Gasteiger partial charge in [-0.2, -0.15) is 4.31 Å². The summed E-state index contributed by atoms with van der Waals surface area (Å²) < 4.78 is 34.1. The number of piperidine rings is 1. The topological polar surface area (TPSA) is 83.7 Å². The Labute approximate surface area is 219 Å². The number of benzene rings is 2. The molecule has 1 aliphatic heterocycles. The van der Waals surface area contributed by atoms with Gasteiger partial charge in [0.2, 0.25) is 15.9 Å². The molecule has 1 fully saturated rings. The number of hydrogen-bond acceptors (Lipinski definition) is 5. The van der Waals surface area contributed by atoms with Crippen LogP contribution in [0, 0.1) is 33.6 Å². The van der Waals surface area contributed by atoms with Crippen molar-refractivity contribution in [3.05, 3.63) is 81.7 Å². The van der Waals surface area contributed by atoms with Crippen LogP contribution < -0.4 is 0 Å². The molecule has 7 nitrogen and oxygen atoms in total. The van der Waals surface area contributed by atoms with Gasteiger partial charge in [-0.25, -0.2) is 8.42 Å². The number of aryl methyl sites for hydroxylation is 4. The van der Waals surface area contributed by atoms with Gasteiger partial charge in [0.15, 0.2) is 10.7 Å². The van der Waals surface area contributed by atoms with Crippen LogP contribution in [0.5, 0.6) is 0 Å². The summed E-state index contributed by atoms with van der Waals surface area (Å²) in [5.74, 6) is 0.0720. The van der Waals surface area contributed by atoms with Gasteiger partial charge in [0.05, 0.1) is 0 Å². The summed E-state index contributed by atoms with van der Waals surface area (Å²) in [5, 5.41) is 3.96. The largest absolute Gasteiger partial charge is 0.355 e. The third-order valence-corrected chi connectivity index (χ3v) is 9.07. The molecule has 1 amide bonds. The van der Waals surface area contributed by atoms with E-state index in [9.17, 15) is 13.2 Å². The smallest absolute Gasteiger partial charge is 0.248 e. The summed E-state index contributed by atoms with van der Waals surface area (Å²) in [6, 6.07) is 14.0. The third-order valence-electron chi connectivity index (χ3n) is 7.01. The maximum atomic E-state index is 13.6. The number of sulfonamides is 1. The van der Waals surface area contributed by atoms with Crippen molar-refractivity contribution in [3.8, 4) is 0 Å². The molecule has 37 heavy (non-hydrogen) atoms. The van der Waals surface area contributed by atoms with Gasteiger partial charge in [0.1, 0.15) is 5.69 Å². The van der Waals surface area contributed by atoms with E-state index < -0.39 is 10.0 Å². The maximum Gasteiger partial charge on any atom is 0.248 e. The van der Waals surface area contributed by atoms with Crippen molar-refractivity contribution in [2.24, 2.45) is 5.92 Å². The van der Waals surface area contributed by atoms with Crippen LogP contribution in [0.1, 0.15) is 52.1 Å². The number of carbonyl (C=O) groups is 1. The molecule has 0 unspecified atom stereocenters. The van der Waals surface area contributed by atoms with Gasteiger partial charge in [-0.05, 0) is 68.9 Å². The quantitative estimate of drug-likeness (QED) is 0.430. The van der Waals surface area contributed by atoms with Crippen molar-refractivity contribution in [1.29, 1.82) is 0 Å². The highest BCUT2D eigenvalue weighted by molar-refractivity contribution is 7.89. The van der Waals surface area contributed by atoms with Crippen LogP contribution >= 0.6 is 0 Å². The Morgan fingerprint density at radius 2 is 1.68 bits per heavy atom. The van der Waals surface area contributed by atoms with Crippen LogP contribution in [0.25, 0.3) is 12.2 Å². The second-order valence-corrected chi connectivity index (χ2v) is 11.8. The van der Waals surface area contributed by atoms with Gasteiger partial charge in [-0.15, -0.1) is 0 Å². The zero-order valence-electron chi connectivity index (χ0n) is 22.2. The van der Waals surface area contributed by atoms with Gasteiger partial charge < -0.3 is 9.42 Å². The average Bonchev–Trinajstić information content (AvgIpc) is 3.24. The van der Waals surface area contributed by atoms with Gasteiger partial charge in [0.25, 0.3) is 0 Å². The molecule has 0 atom stereocenters. The Kier molecular flexibility index (Phi) is 7.99. The van der Waals surface area contributed by atoms with Crippen LogP contribution in [0.2, 0.25) is 0 Å². The first-order valence-corrected chi connectivity index (χ1v) is 14.0. The van der Waals surface area contributed by atoms with E-state index >= 15 is 0 Å². The van der Waals surface area contributed by atoms with Crippen molar-refractivity contribution in [3.63, 3.8) is 0 Å². The Hall–Kier alpha value is -3.23. The molecule has 0 spiro atoms. The molecule has 0 bridgehead atoms. The number of hydrogen-bond donors (Lipinski definition) is 0. The van der Waals surface area contributed by atoms with Crippen LogP contribution in [-0.4, -0.2) is 48.8 Å².